The molecule has 26 heavy (non-hydrogen) atoms. The Bertz CT molecular complexity index is 638. The van der Waals surface area contributed by atoms with Gasteiger partial charge in [0.1, 0.15) is 5.60 Å². The molecule has 0 aromatic carbocycles. The maximum atomic E-state index is 12.1. The van der Waals surface area contributed by atoms with E-state index < -0.39 is 5.60 Å². The van der Waals surface area contributed by atoms with Gasteiger partial charge in [0, 0.05) is 25.8 Å². The van der Waals surface area contributed by atoms with Gasteiger partial charge in [0.25, 0.3) is 0 Å². The van der Waals surface area contributed by atoms with Crippen molar-refractivity contribution in [3.05, 3.63) is 12.4 Å². The number of aromatic nitrogens is 2. The minimum atomic E-state index is -0.466. The molecule has 0 bridgehead atoms. The number of guanidine groups is 1. The van der Waals surface area contributed by atoms with Gasteiger partial charge in [0.05, 0.1) is 17.9 Å². The number of hydrogen-bond acceptors (Lipinski definition) is 4. The second-order valence-corrected chi connectivity index (χ2v) is 7.40. The predicted molar refractivity (Wildman–Crippen MR) is 104 cm³/mol. The number of piperidine rings is 1. The molecule has 1 N–H and O–H groups in total. The smallest absolute Gasteiger partial charge is 0.410 e. The zero-order chi connectivity index (χ0) is 19.2. The van der Waals surface area contributed by atoms with Crippen LogP contribution in [0.15, 0.2) is 22.4 Å². The molecule has 1 aliphatic heterocycles. The van der Waals surface area contributed by atoms with Crippen LogP contribution in [-0.2, 0) is 4.74 Å². The van der Waals surface area contributed by atoms with E-state index >= 15 is 0 Å². The molecule has 2 heterocycles. The van der Waals surface area contributed by atoms with Gasteiger partial charge in [0.2, 0.25) is 5.96 Å². The third kappa shape index (κ3) is 5.86. The van der Waals surface area contributed by atoms with E-state index in [2.05, 4.69) is 34.0 Å². The number of ether oxygens (including phenoxy) is 1. The molecule has 0 atom stereocenters. The zero-order valence-corrected chi connectivity index (χ0v) is 16.2. The number of carbonyl (C=O) groups is 1. The third-order valence-corrected chi connectivity index (χ3v) is 3.98. The molecule has 2 rings (SSSR count). The van der Waals surface area contributed by atoms with Gasteiger partial charge in [-0.05, 0) is 46.8 Å². The molecule has 1 aromatic heterocycles. The summed E-state index contributed by atoms with van der Waals surface area (Å²) in [7, 11) is 0. The predicted octanol–water partition coefficient (Wildman–Crippen LogP) is 3.33. The summed E-state index contributed by atoms with van der Waals surface area (Å²) >= 11 is 0. The van der Waals surface area contributed by atoms with E-state index in [-0.39, 0.29) is 12.1 Å². The minimum Gasteiger partial charge on any atom is -0.444 e. The molecular weight excluding hydrogens is 332 g/mol. The van der Waals surface area contributed by atoms with Crippen molar-refractivity contribution in [2.45, 2.75) is 58.6 Å². The van der Waals surface area contributed by atoms with E-state index in [0.29, 0.717) is 25.6 Å². The molecule has 1 aromatic rings. The van der Waals surface area contributed by atoms with Gasteiger partial charge >= 0.3 is 6.09 Å². The standard InChI is InChI=1S/C18H30N6O2/c1-6-9-20-16(19-5)22-14-12-21-24(13-14)15-7-10-23(11-8-15)17(25)26-18(2,3)4/h12-13,15H,5-11H2,1-4H3,(H,20,22). The SMILES string of the molecule is C=N/C(=N\CCC)Nc1cnn(C2CCN(C(=O)OC(C)(C)C)CC2)c1. The average Bonchev–Trinajstić information content (AvgIpc) is 3.05. The van der Waals surface area contributed by atoms with Crippen molar-refractivity contribution in [2.75, 3.05) is 25.0 Å². The Morgan fingerprint density at radius 3 is 2.69 bits per heavy atom. The molecule has 144 valence electrons. The molecule has 1 aliphatic rings. The molecule has 0 radical (unpaired) electrons. The van der Waals surface area contributed by atoms with E-state index in [9.17, 15) is 4.79 Å². The van der Waals surface area contributed by atoms with Crippen LogP contribution in [0.2, 0.25) is 0 Å². The van der Waals surface area contributed by atoms with Crippen molar-refractivity contribution in [3.8, 4) is 0 Å². The van der Waals surface area contributed by atoms with E-state index in [0.717, 1.165) is 24.9 Å². The number of amides is 1. The Labute approximate surface area is 155 Å². The van der Waals surface area contributed by atoms with Crippen LogP contribution in [0.4, 0.5) is 10.5 Å². The number of nitrogens with zero attached hydrogens (tertiary/aromatic N) is 5. The van der Waals surface area contributed by atoms with Gasteiger partial charge in [-0.15, -0.1) is 0 Å². The van der Waals surface area contributed by atoms with Crippen molar-refractivity contribution >= 4 is 24.5 Å². The Balaban J connectivity index is 1.89. The van der Waals surface area contributed by atoms with Crippen LogP contribution in [0.5, 0.6) is 0 Å². The molecule has 8 heteroatoms. The second kappa shape index (κ2) is 8.82. The largest absolute Gasteiger partial charge is 0.444 e. The van der Waals surface area contributed by atoms with Crippen LogP contribution in [0.25, 0.3) is 0 Å². The summed E-state index contributed by atoms with van der Waals surface area (Å²) in [6.45, 7) is 13.3. The zero-order valence-electron chi connectivity index (χ0n) is 16.2. The van der Waals surface area contributed by atoms with Crippen molar-refractivity contribution in [3.63, 3.8) is 0 Å². The fourth-order valence-corrected chi connectivity index (χ4v) is 2.72. The molecule has 1 fully saturated rings. The summed E-state index contributed by atoms with van der Waals surface area (Å²) in [6, 6.07) is 0.261. The first-order valence-corrected chi connectivity index (χ1v) is 9.12. The van der Waals surface area contributed by atoms with Crippen LogP contribution >= 0.6 is 0 Å². The monoisotopic (exact) mass is 362 g/mol. The lowest BCUT2D eigenvalue weighted by atomic mass is 10.1. The van der Waals surface area contributed by atoms with Crippen molar-refractivity contribution < 1.29 is 9.53 Å². The first-order chi connectivity index (χ1) is 12.3. The van der Waals surface area contributed by atoms with Gasteiger partial charge in [-0.2, -0.15) is 5.10 Å². The highest BCUT2D eigenvalue weighted by atomic mass is 16.6. The Morgan fingerprint density at radius 2 is 2.12 bits per heavy atom. The van der Waals surface area contributed by atoms with Crippen LogP contribution in [-0.4, -0.2) is 58.7 Å². The summed E-state index contributed by atoms with van der Waals surface area (Å²) in [4.78, 5) is 22.1. The van der Waals surface area contributed by atoms with Crippen LogP contribution < -0.4 is 5.32 Å². The Morgan fingerprint density at radius 1 is 1.42 bits per heavy atom. The quantitative estimate of drug-likeness (QED) is 0.658. The number of aliphatic imine (C=N–C) groups is 2. The van der Waals surface area contributed by atoms with Gasteiger partial charge in [-0.1, -0.05) is 6.92 Å². The van der Waals surface area contributed by atoms with Gasteiger partial charge in [-0.3, -0.25) is 9.67 Å². The number of likely N-dealkylation sites (tertiary alicyclic amines) is 1. The third-order valence-electron chi connectivity index (χ3n) is 3.98. The van der Waals surface area contributed by atoms with E-state index in [1.165, 1.54) is 0 Å². The fraction of sp³-hybridized carbons (Fsp3) is 0.667. The normalized spacial score (nSPS) is 16.5. The highest BCUT2D eigenvalue weighted by molar-refractivity contribution is 5.96. The topological polar surface area (TPSA) is 84.1 Å². The van der Waals surface area contributed by atoms with Crippen molar-refractivity contribution in [1.82, 2.24) is 14.7 Å². The summed E-state index contributed by atoms with van der Waals surface area (Å²) in [5.74, 6) is 0.506. The number of nitrogens with one attached hydrogen (secondary N) is 1. The molecule has 1 saturated heterocycles. The number of hydrogen-bond donors (Lipinski definition) is 1. The van der Waals surface area contributed by atoms with Crippen molar-refractivity contribution in [2.24, 2.45) is 9.98 Å². The maximum Gasteiger partial charge on any atom is 0.410 e. The number of anilines is 1. The second-order valence-electron chi connectivity index (χ2n) is 7.40. The van der Waals surface area contributed by atoms with Gasteiger partial charge in [-0.25, -0.2) is 9.79 Å². The van der Waals surface area contributed by atoms with Gasteiger partial charge < -0.3 is 15.0 Å². The molecule has 8 nitrogen and oxygen atoms in total. The number of carbonyl (C=O) groups excluding carboxylic acids is 1. The molecule has 0 unspecified atom stereocenters. The van der Waals surface area contributed by atoms with Crippen LogP contribution in [0.1, 0.15) is 53.0 Å². The molecule has 0 saturated carbocycles. The van der Waals surface area contributed by atoms with E-state index in [4.69, 9.17) is 4.74 Å². The number of rotatable bonds is 4. The maximum absolute atomic E-state index is 12.1. The average molecular weight is 362 g/mol. The Kier molecular flexibility index (Phi) is 6.76. The first kappa shape index (κ1) is 19.9. The molecule has 0 spiro atoms. The summed E-state index contributed by atoms with van der Waals surface area (Å²) in [5, 5.41) is 7.57. The fourth-order valence-electron chi connectivity index (χ4n) is 2.72. The van der Waals surface area contributed by atoms with Crippen LogP contribution in [0.3, 0.4) is 0 Å². The van der Waals surface area contributed by atoms with Crippen LogP contribution in [0, 0.1) is 0 Å². The van der Waals surface area contributed by atoms with Gasteiger partial charge in [0.15, 0.2) is 0 Å². The van der Waals surface area contributed by atoms with Crippen molar-refractivity contribution in [1.29, 1.82) is 0 Å². The first-order valence-electron chi connectivity index (χ1n) is 9.12. The highest BCUT2D eigenvalue weighted by Gasteiger charge is 2.27. The van der Waals surface area contributed by atoms with E-state index in [1.807, 2.05) is 31.6 Å². The molecular formula is C18H30N6O2. The van der Waals surface area contributed by atoms with E-state index in [1.54, 1.807) is 11.1 Å². The Hall–Kier alpha value is -2.38. The molecule has 0 aliphatic carbocycles. The lowest BCUT2D eigenvalue weighted by Gasteiger charge is -2.33. The summed E-state index contributed by atoms with van der Waals surface area (Å²) in [5.41, 5.74) is 0.369. The minimum absolute atomic E-state index is 0.243. The molecule has 1 amide bonds. The lowest BCUT2D eigenvalue weighted by molar-refractivity contribution is 0.0185. The summed E-state index contributed by atoms with van der Waals surface area (Å²) in [6.07, 6.45) is 6.10. The highest BCUT2D eigenvalue weighted by Crippen LogP contribution is 2.24. The lowest BCUT2D eigenvalue weighted by Crippen LogP contribution is -2.42. The summed E-state index contributed by atoms with van der Waals surface area (Å²) < 4.78 is 7.38.